The van der Waals surface area contributed by atoms with Crippen molar-refractivity contribution in [1.29, 1.82) is 0 Å². The zero-order chi connectivity index (χ0) is 11.6. The van der Waals surface area contributed by atoms with E-state index in [9.17, 15) is 9.90 Å². The molecule has 92 valence electrons. The molecule has 1 saturated heterocycles. The second-order valence-corrected chi connectivity index (χ2v) is 5.26. The van der Waals surface area contributed by atoms with Crippen LogP contribution in [0.1, 0.15) is 32.6 Å². The van der Waals surface area contributed by atoms with Crippen LogP contribution in [0.5, 0.6) is 0 Å². The number of aliphatic hydroxyl groups is 1. The van der Waals surface area contributed by atoms with Crippen molar-refractivity contribution in [3.8, 4) is 0 Å². The van der Waals surface area contributed by atoms with E-state index in [1.54, 1.807) is 0 Å². The topological polar surface area (TPSA) is 58.6 Å². The van der Waals surface area contributed by atoms with Crippen LogP contribution in [0.15, 0.2) is 0 Å². The predicted octanol–water partition coefficient (Wildman–Crippen LogP) is 0.690. The highest BCUT2D eigenvalue weighted by atomic mass is 16.5. The van der Waals surface area contributed by atoms with Crippen LogP contribution in [-0.2, 0) is 9.53 Å². The highest BCUT2D eigenvalue weighted by Gasteiger charge is 2.35. The van der Waals surface area contributed by atoms with Crippen molar-refractivity contribution in [2.24, 2.45) is 11.8 Å². The molecule has 1 heterocycles. The van der Waals surface area contributed by atoms with Gasteiger partial charge in [-0.15, -0.1) is 0 Å². The number of rotatable bonds is 3. The summed E-state index contributed by atoms with van der Waals surface area (Å²) >= 11 is 0. The lowest BCUT2D eigenvalue weighted by molar-refractivity contribution is -0.127. The van der Waals surface area contributed by atoms with Crippen LogP contribution >= 0.6 is 0 Å². The molecule has 1 amide bonds. The molecule has 0 aromatic heterocycles. The molecule has 0 radical (unpaired) electrons. The molecule has 1 saturated carbocycles. The number of carbonyl (C=O) groups excluding carboxylic acids is 1. The molecular formula is C12H21NO3. The maximum absolute atomic E-state index is 11.9. The van der Waals surface area contributed by atoms with Gasteiger partial charge in [0.25, 0.3) is 0 Å². The van der Waals surface area contributed by atoms with Gasteiger partial charge in [0.1, 0.15) is 5.60 Å². The fourth-order valence-electron chi connectivity index (χ4n) is 2.65. The van der Waals surface area contributed by atoms with Gasteiger partial charge in [0, 0.05) is 25.5 Å². The minimum Gasteiger partial charge on any atom is -0.386 e. The molecule has 2 fully saturated rings. The smallest absolute Gasteiger partial charge is 0.223 e. The van der Waals surface area contributed by atoms with E-state index in [1.165, 1.54) is 0 Å². The van der Waals surface area contributed by atoms with Crippen LogP contribution in [0.2, 0.25) is 0 Å². The van der Waals surface area contributed by atoms with Crippen molar-refractivity contribution in [3.05, 3.63) is 0 Å². The molecule has 2 N–H and O–H groups in total. The third-order valence-electron chi connectivity index (χ3n) is 3.87. The largest absolute Gasteiger partial charge is 0.386 e. The maximum atomic E-state index is 11.9. The summed E-state index contributed by atoms with van der Waals surface area (Å²) in [6, 6.07) is 0. The first-order chi connectivity index (χ1) is 7.61. The molecule has 3 atom stereocenters. The van der Waals surface area contributed by atoms with Crippen molar-refractivity contribution in [2.75, 3.05) is 19.8 Å². The predicted molar refractivity (Wildman–Crippen MR) is 59.9 cm³/mol. The summed E-state index contributed by atoms with van der Waals surface area (Å²) in [6.45, 7) is 3.39. The number of hydrogen-bond donors (Lipinski definition) is 2. The second-order valence-electron chi connectivity index (χ2n) is 5.26. The van der Waals surface area contributed by atoms with Gasteiger partial charge in [-0.25, -0.2) is 0 Å². The fourth-order valence-corrected chi connectivity index (χ4v) is 2.65. The molecule has 0 aromatic carbocycles. The second kappa shape index (κ2) is 4.72. The van der Waals surface area contributed by atoms with Crippen LogP contribution in [0.4, 0.5) is 0 Å². The maximum Gasteiger partial charge on any atom is 0.223 e. The molecule has 2 aliphatic rings. The van der Waals surface area contributed by atoms with Crippen molar-refractivity contribution >= 4 is 5.91 Å². The van der Waals surface area contributed by atoms with E-state index in [0.29, 0.717) is 32.1 Å². The molecule has 0 bridgehead atoms. The molecule has 4 heteroatoms. The molecule has 3 unspecified atom stereocenters. The van der Waals surface area contributed by atoms with Gasteiger partial charge >= 0.3 is 0 Å². The first-order valence-electron chi connectivity index (χ1n) is 6.19. The van der Waals surface area contributed by atoms with E-state index >= 15 is 0 Å². The zero-order valence-corrected chi connectivity index (χ0v) is 9.87. The van der Waals surface area contributed by atoms with E-state index in [0.717, 1.165) is 19.3 Å². The summed E-state index contributed by atoms with van der Waals surface area (Å²) in [5, 5.41) is 12.9. The molecular weight excluding hydrogens is 206 g/mol. The van der Waals surface area contributed by atoms with Crippen molar-refractivity contribution in [3.63, 3.8) is 0 Å². The highest BCUT2D eigenvalue weighted by molar-refractivity contribution is 5.79. The average Bonchev–Trinajstić information content (AvgIpc) is 2.85. The molecule has 4 nitrogen and oxygen atoms in total. The van der Waals surface area contributed by atoms with E-state index < -0.39 is 5.60 Å². The Bertz CT molecular complexity index is 261. The monoisotopic (exact) mass is 227 g/mol. The minimum atomic E-state index is -0.836. The van der Waals surface area contributed by atoms with Gasteiger partial charge in [0.2, 0.25) is 5.91 Å². The van der Waals surface area contributed by atoms with E-state index in [4.69, 9.17) is 4.74 Å². The molecule has 16 heavy (non-hydrogen) atoms. The Morgan fingerprint density at radius 3 is 2.94 bits per heavy atom. The average molecular weight is 227 g/mol. The summed E-state index contributed by atoms with van der Waals surface area (Å²) in [5.74, 6) is 0.728. The zero-order valence-electron chi connectivity index (χ0n) is 9.87. The van der Waals surface area contributed by atoms with E-state index in [-0.39, 0.29) is 11.8 Å². The van der Waals surface area contributed by atoms with E-state index in [2.05, 4.69) is 12.2 Å². The van der Waals surface area contributed by atoms with Crippen LogP contribution < -0.4 is 5.32 Å². The number of ether oxygens (including phenoxy) is 1. The van der Waals surface area contributed by atoms with E-state index in [1.807, 2.05) is 0 Å². The number of carbonyl (C=O) groups is 1. The SMILES string of the molecule is CC1CCCC1C(=O)NCC1(O)CCOC1. The Kier molecular flexibility index (Phi) is 3.50. The standard InChI is InChI=1S/C12H21NO3/c1-9-3-2-4-10(9)11(14)13-7-12(15)5-6-16-8-12/h9-10,15H,2-8H2,1H3,(H,13,14). The van der Waals surface area contributed by atoms with Crippen LogP contribution in [0.25, 0.3) is 0 Å². The Labute approximate surface area is 96.4 Å². The molecule has 2 rings (SSSR count). The summed E-state index contributed by atoms with van der Waals surface area (Å²) in [4.78, 5) is 11.9. The first kappa shape index (κ1) is 11.9. The van der Waals surface area contributed by atoms with Gasteiger partial charge in [-0.3, -0.25) is 4.79 Å². The highest BCUT2D eigenvalue weighted by Crippen LogP contribution is 2.31. The van der Waals surface area contributed by atoms with Crippen molar-refractivity contribution < 1.29 is 14.6 Å². The lowest BCUT2D eigenvalue weighted by Crippen LogP contribution is -2.45. The van der Waals surface area contributed by atoms with Crippen molar-refractivity contribution in [2.45, 2.75) is 38.2 Å². The lowest BCUT2D eigenvalue weighted by atomic mass is 9.96. The van der Waals surface area contributed by atoms with Gasteiger partial charge in [-0.2, -0.15) is 0 Å². The van der Waals surface area contributed by atoms with Crippen LogP contribution in [-0.4, -0.2) is 36.4 Å². The Hall–Kier alpha value is -0.610. The van der Waals surface area contributed by atoms with Crippen molar-refractivity contribution in [1.82, 2.24) is 5.32 Å². The van der Waals surface area contributed by atoms with Crippen LogP contribution in [0.3, 0.4) is 0 Å². The third kappa shape index (κ3) is 2.55. The van der Waals surface area contributed by atoms with Gasteiger partial charge in [0.05, 0.1) is 6.61 Å². The summed E-state index contributed by atoms with van der Waals surface area (Å²) in [7, 11) is 0. The number of nitrogens with one attached hydrogen (secondary N) is 1. The quantitative estimate of drug-likeness (QED) is 0.746. The molecule has 0 aromatic rings. The van der Waals surface area contributed by atoms with Gasteiger partial charge in [0.15, 0.2) is 0 Å². The van der Waals surface area contributed by atoms with Crippen LogP contribution in [0, 0.1) is 11.8 Å². The summed E-state index contributed by atoms with van der Waals surface area (Å²) < 4.78 is 5.14. The first-order valence-corrected chi connectivity index (χ1v) is 6.19. The Morgan fingerprint density at radius 1 is 1.56 bits per heavy atom. The fraction of sp³-hybridized carbons (Fsp3) is 0.917. The summed E-state index contributed by atoms with van der Waals surface area (Å²) in [5.41, 5.74) is -0.836. The lowest BCUT2D eigenvalue weighted by Gasteiger charge is -2.23. The number of amides is 1. The minimum absolute atomic E-state index is 0.102. The molecule has 1 aliphatic carbocycles. The molecule has 0 spiro atoms. The molecule has 1 aliphatic heterocycles. The van der Waals surface area contributed by atoms with Gasteiger partial charge in [-0.05, 0) is 18.8 Å². The normalized spacial score (nSPS) is 38.9. The van der Waals surface area contributed by atoms with Gasteiger partial charge < -0.3 is 15.2 Å². The number of hydrogen-bond acceptors (Lipinski definition) is 3. The Morgan fingerprint density at radius 2 is 2.38 bits per heavy atom. The summed E-state index contributed by atoms with van der Waals surface area (Å²) in [6.07, 6.45) is 3.90. The third-order valence-corrected chi connectivity index (χ3v) is 3.87. The van der Waals surface area contributed by atoms with Gasteiger partial charge in [-0.1, -0.05) is 13.3 Å². The Balaban J connectivity index is 1.79.